The van der Waals surface area contributed by atoms with Gasteiger partial charge in [-0.15, -0.1) is 0 Å². The molecule has 2 aliphatic rings. The molecule has 0 saturated heterocycles. The highest BCUT2D eigenvalue weighted by atomic mass is 16.3. The number of nitrogens with zero attached hydrogens (tertiary/aromatic N) is 4. The predicted octanol–water partition coefficient (Wildman–Crippen LogP) is 4.25. The van der Waals surface area contributed by atoms with Crippen molar-refractivity contribution in [2.24, 2.45) is 21.6 Å². The highest BCUT2D eigenvalue weighted by molar-refractivity contribution is 6.32. The minimum Gasteiger partial charge on any atom is -0.394 e. The lowest BCUT2D eigenvalue weighted by Crippen LogP contribution is -2.39. The SMILES string of the molecule is CC[C@@](N)(CO)c1ccc(C2=NC3C(C=C2c2ccccc2)C(C)=Nc2ccnn23)cc1. The lowest BCUT2D eigenvalue weighted by molar-refractivity contribution is 0.192. The van der Waals surface area contributed by atoms with Crippen molar-refractivity contribution in [1.82, 2.24) is 9.78 Å². The van der Waals surface area contributed by atoms with E-state index in [1.807, 2.05) is 60.1 Å². The molecule has 6 heteroatoms. The number of rotatable bonds is 5. The molecule has 2 aromatic carbocycles. The predicted molar refractivity (Wildman–Crippen MR) is 128 cm³/mol. The molecule has 0 fully saturated rings. The number of aromatic nitrogens is 2. The molecule has 162 valence electrons. The van der Waals surface area contributed by atoms with Gasteiger partial charge in [0.2, 0.25) is 0 Å². The maximum absolute atomic E-state index is 9.80. The van der Waals surface area contributed by atoms with Crippen LogP contribution in [0.5, 0.6) is 0 Å². The van der Waals surface area contributed by atoms with Gasteiger partial charge >= 0.3 is 0 Å². The summed E-state index contributed by atoms with van der Waals surface area (Å²) in [6.07, 6.45) is 4.53. The van der Waals surface area contributed by atoms with Crippen LogP contribution in [0.25, 0.3) is 5.57 Å². The molecule has 0 spiro atoms. The number of nitrogens with two attached hydrogens (primary N) is 1. The zero-order valence-electron chi connectivity index (χ0n) is 18.3. The number of aliphatic hydroxyl groups is 1. The van der Waals surface area contributed by atoms with Crippen LogP contribution in [0, 0.1) is 5.92 Å². The number of hydrogen-bond donors (Lipinski definition) is 2. The van der Waals surface area contributed by atoms with Gasteiger partial charge in [-0.1, -0.05) is 67.6 Å². The van der Waals surface area contributed by atoms with Gasteiger partial charge in [-0.2, -0.15) is 5.10 Å². The number of dihydropyridines is 1. The van der Waals surface area contributed by atoms with Crippen LogP contribution >= 0.6 is 0 Å². The van der Waals surface area contributed by atoms with E-state index in [9.17, 15) is 5.11 Å². The van der Waals surface area contributed by atoms with Gasteiger partial charge in [0, 0.05) is 22.9 Å². The van der Waals surface area contributed by atoms with Crippen molar-refractivity contribution in [3.05, 3.63) is 89.6 Å². The molecule has 6 nitrogen and oxygen atoms in total. The van der Waals surface area contributed by atoms with Gasteiger partial charge in [0.25, 0.3) is 0 Å². The lowest BCUT2D eigenvalue weighted by Gasteiger charge is -2.32. The van der Waals surface area contributed by atoms with Gasteiger partial charge < -0.3 is 10.8 Å². The van der Waals surface area contributed by atoms with Crippen LogP contribution < -0.4 is 5.73 Å². The van der Waals surface area contributed by atoms with Crippen molar-refractivity contribution in [2.45, 2.75) is 32.0 Å². The zero-order chi connectivity index (χ0) is 22.3. The molecule has 0 saturated carbocycles. The van der Waals surface area contributed by atoms with Crippen molar-refractivity contribution in [3.63, 3.8) is 0 Å². The Morgan fingerprint density at radius 1 is 1.03 bits per heavy atom. The molecule has 1 aromatic heterocycles. The average Bonchev–Trinajstić information content (AvgIpc) is 3.32. The third-order valence-corrected chi connectivity index (χ3v) is 6.59. The fraction of sp³-hybridized carbons (Fsp3) is 0.269. The maximum Gasteiger partial charge on any atom is 0.156 e. The lowest BCUT2D eigenvalue weighted by atomic mass is 9.84. The Morgan fingerprint density at radius 2 is 1.78 bits per heavy atom. The van der Waals surface area contributed by atoms with Crippen molar-refractivity contribution in [3.8, 4) is 0 Å². The summed E-state index contributed by atoms with van der Waals surface area (Å²) in [6.45, 7) is 3.95. The first kappa shape index (κ1) is 20.5. The molecule has 0 aliphatic carbocycles. The fourth-order valence-corrected chi connectivity index (χ4v) is 4.47. The minimum atomic E-state index is -0.739. The highest BCUT2D eigenvalue weighted by Crippen LogP contribution is 2.39. The normalized spacial score (nSPS) is 21.6. The second kappa shape index (κ2) is 7.97. The molecular formula is C26H27N5O. The summed E-state index contributed by atoms with van der Waals surface area (Å²) in [5, 5.41) is 14.3. The van der Waals surface area contributed by atoms with E-state index < -0.39 is 5.54 Å². The highest BCUT2D eigenvalue weighted by Gasteiger charge is 2.35. The van der Waals surface area contributed by atoms with Crippen LogP contribution in [0.3, 0.4) is 0 Å². The molecule has 0 radical (unpaired) electrons. The van der Waals surface area contributed by atoms with Crippen LogP contribution in [-0.4, -0.2) is 32.9 Å². The Kier molecular flexibility index (Phi) is 5.12. The van der Waals surface area contributed by atoms with Crippen molar-refractivity contribution < 1.29 is 5.11 Å². The Bertz CT molecular complexity index is 1220. The van der Waals surface area contributed by atoms with E-state index in [0.717, 1.165) is 39.5 Å². The third-order valence-electron chi connectivity index (χ3n) is 6.59. The molecule has 3 atom stereocenters. The quantitative estimate of drug-likeness (QED) is 0.641. The molecule has 2 unspecified atom stereocenters. The molecule has 2 aliphatic heterocycles. The van der Waals surface area contributed by atoms with Crippen molar-refractivity contribution in [1.29, 1.82) is 0 Å². The topological polar surface area (TPSA) is 88.8 Å². The maximum atomic E-state index is 9.80. The second-order valence-electron chi connectivity index (χ2n) is 8.50. The fourth-order valence-electron chi connectivity index (χ4n) is 4.47. The summed E-state index contributed by atoms with van der Waals surface area (Å²) < 4.78 is 1.90. The molecule has 0 amide bonds. The van der Waals surface area contributed by atoms with Gasteiger partial charge in [0.05, 0.1) is 30.0 Å². The number of hydrogen-bond acceptors (Lipinski definition) is 5. The first-order chi connectivity index (χ1) is 15.5. The Morgan fingerprint density at radius 3 is 2.47 bits per heavy atom. The standard InChI is InChI=1S/C26H27N5O/c1-3-26(27,16-32)20-11-9-19(10-12-20)24-22(18-7-5-4-6-8-18)15-21-17(2)29-23-13-14-28-31(23)25(21)30-24/h4-15,21,25,32H,3,16,27H2,1-2H3/t21?,25?,26-/m1/s1. The van der Waals surface area contributed by atoms with E-state index in [2.05, 4.69) is 30.2 Å². The molecule has 3 heterocycles. The summed E-state index contributed by atoms with van der Waals surface area (Å²) in [6, 6.07) is 20.3. The van der Waals surface area contributed by atoms with Crippen LogP contribution in [-0.2, 0) is 5.54 Å². The van der Waals surface area contributed by atoms with Gasteiger partial charge in [-0.25, -0.2) is 9.67 Å². The smallest absolute Gasteiger partial charge is 0.156 e. The molecule has 32 heavy (non-hydrogen) atoms. The number of aliphatic hydroxyl groups excluding tert-OH is 1. The number of fused-ring (bicyclic) bond motifs is 3. The minimum absolute atomic E-state index is 0.0480. The number of aliphatic imine (C=N–C) groups is 2. The largest absolute Gasteiger partial charge is 0.394 e. The zero-order valence-corrected chi connectivity index (χ0v) is 18.3. The summed E-state index contributed by atoms with van der Waals surface area (Å²) in [7, 11) is 0. The summed E-state index contributed by atoms with van der Waals surface area (Å²) in [5.74, 6) is 0.879. The second-order valence-corrected chi connectivity index (χ2v) is 8.50. The van der Waals surface area contributed by atoms with Crippen LogP contribution in [0.15, 0.2) is 82.9 Å². The van der Waals surface area contributed by atoms with E-state index in [1.54, 1.807) is 6.20 Å². The van der Waals surface area contributed by atoms with E-state index in [1.165, 1.54) is 0 Å². The van der Waals surface area contributed by atoms with Crippen LogP contribution in [0.1, 0.15) is 43.1 Å². The first-order valence-corrected chi connectivity index (χ1v) is 11.0. The van der Waals surface area contributed by atoms with Crippen molar-refractivity contribution >= 4 is 22.8 Å². The van der Waals surface area contributed by atoms with Crippen LogP contribution in [0.4, 0.5) is 5.82 Å². The number of benzene rings is 2. The molecule has 3 aromatic rings. The summed E-state index contributed by atoms with van der Waals surface area (Å²) >= 11 is 0. The number of allylic oxidation sites excluding steroid dienone is 1. The Hall–Kier alpha value is -3.35. The van der Waals surface area contributed by atoms with E-state index >= 15 is 0 Å². The van der Waals surface area contributed by atoms with E-state index in [-0.39, 0.29) is 18.7 Å². The molecule has 0 bridgehead atoms. The average molecular weight is 426 g/mol. The monoisotopic (exact) mass is 425 g/mol. The molecule has 5 rings (SSSR count). The van der Waals surface area contributed by atoms with Gasteiger partial charge in [-0.3, -0.25) is 4.99 Å². The Balaban J connectivity index is 1.63. The third kappa shape index (κ3) is 3.32. The summed E-state index contributed by atoms with van der Waals surface area (Å²) in [5.41, 5.74) is 11.7. The van der Waals surface area contributed by atoms with Gasteiger partial charge in [0.1, 0.15) is 0 Å². The van der Waals surface area contributed by atoms with E-state index in [0.29, 0.717) is 6.42 Å². The summed E-state index contributed by atoms with van der Waals surface area (Å²) in [4.78, 5) is 9.95. The first-order valence-electron chi connectivity index (χ1n) is 11.0. The molecular weight excluding hydrogens is 398 g/mol. The van der Waals surface area contributed by atoms with Gasteiger partial charge in [-0.05, 0) is 24.5 Å². The van der Waals surface area contributed by atoms with Crippen molar-refractivity contribution in [2.75, 3.05) is 6.61 Å². The Labute approximate surface area is 187 Å². The molecule has 3 N–H and O–H groups in total. The van der Waals surface area contributed by atoms with Crippen LogP contribution in [0.2, 0.25) is 0 Å². The van der Waals surface area contributed by atoms with Gasteiger partial charge in [0.15, 0.2) is 12.0 Å². The van der Waals surface area contributed by atoms with E-state index in [4.69, 9.17) is 15.7 Å².